The number of piperidine rings is 1. The van der Waals surface area contributed by atoms with Gasteiger partial charge in [-0.25, -0.2) is 9.98 Å². The van der Waals surface area contributed by atoms with E-state index in [-0.39, 0.29) is 23.0 Å². The van der Waals surface area contributed by atoms with Crippen molar-refractivity contribution in [2.75, 3.05) is 50.1 Å². The summed E-state index contributed by atoms with van der Waals surface area (Å²) < 4.78 is 11.6. The normalized spacial score (nSPS) is 17.4. The van der Waals surface area contributed by atoms with Gasteiger partial charge in [-0.05, 0) is 43.6 Å². The lowest BCUT2D eigenvalue weighted by molar-refractivity contribution is 0.180. The van der Waals surface area contributed by atoms with Gasteiger partial charge in [0.1, 0.15) is 35.9 Å². The lowest BCUT2D eigenvalue weighted by atomic mass is 9.95. The zero-order valence-corrected chi connectivity index (χ0v) is 19.0. The summed E-state index contributed by atoms with van der Waals surface area (Å²) in [7, 11) is 1.57. The molecule has 0 spiro atoms. The van der Waals surface area contributed by atoms with Gasteiger partial charge in [-0.1, -0.05) is 12.5 Å². The number of aromatic nitrogens is 1. The van der Waals surface area contributed by atoms with Crippen LogP contribution in [0.2, 0.25) is 0 Å². The molecule has 2 aliphatic rings. The van der Waals surface area contributed by atoms with Crippen LogP contribution in [0.5, 0.6) is 11.5 Å². The standard InChI is InChI=1S/C23H27N9O2/c1-33-17-11-14(5-6-16(17)34-10-9-32-7-3-2-4-8-32)20-18-19(26)15(12-24)21(27)30-22(18)31-23(29-20)28-13-25/h5-6,11,20H,2-4,7-10H2,1H3,(H6,26,27,28,29,30,31). The van der Waals surface area contributed by atoms with E-state index in [9.17, 15) is 5.26 Å². The first-order chi connectivity index (χ1) is 16.5. The Morgan fingerprint density at radius 3 is 2.71 bits per heavy atom. The van der Waals surface area contributed by atoms with Gasteiger partial charge in [0.15, 0.2) is 17.7 Å². The van der Waals surface area contributed by atoms with Gasteiger partial charge in [-0.15, -0.1) is 0 Å². The molecule has 1 saturated heterocycles. The first-order valence-electron chi connectivity index (χ1n) is 11.1. The van der Waals surface area contributed by atoms with Crippen molar-refractivity contribution in [3.63, 3.8) is 0 Å². The number of rotatable bonds is 6. The van der Waals surface area contributed by atoms with Gasteiger partial charge < -0.3 is 26.3 Å². The number of hydrogen-bond donors (Lipinski definition) is 4. The second-order valence-corrected chi connectivity index (χ2v) is 8.06. The minimum absolute atomic E-state index is 0.00163. The molecule has 1 aromatic carbocycles. The van der Waals surface area contributed by atoms with Crippen LogP contribution in [0.4, 0.5) is 17.3 Å². The van der Waals surface area contributed by atoms with Crippen molar-refractivity contribution in [3.8, 4) is 23.8 Å². The van der Waals surface area contributed by atoms with Crippen LogP contribution in [-0.4, -0.2) is 49.2 Å². The van der Waals surface area contributed by atoms with Crippen molar-refractivity contribution in [1.82, 2.24) is 15.2 Å². The Bertz CT molecular complexity index is 1180. The first kappa shape index (κ1) is 23.0. The number of nitrogen functional groups attached to an aromatic ring is 2. The predicted molar refractivity (Wildman–Crippen MR) is 128 cm³/mol. The van der Waals surface area contributed by atoms with Gasteiger partial charge in [0, 0.05) is 12.1 Å². The van der Waals surface area contributed by atoms with E-state index in [1.165, 1.54) is 19.3 Å². The van der Waals surface area contributed by atoms with E-state index in [1.807, 2.05) is 30.5 Å². The minimum Gasteiger partial charge on any atom is -0.493 e. The van der Waals surface area contributed by atoms with E-state index in [4.69, 9.17) is 26.2 Å². The van der Waals surface area contributed by atoms with Crippen molar-refractivity contribution in [3.05, 3.63) is 34.9 Å². The average Bonchev–Trinajstić information content (AvgIpc) is 2.84. The zero-order valence-electron chi connectivity index (χ0n) is 19.0. The number of nitrogens with two attached hydrogens (primary N) is 2. The number of fused-ring (bicyclic) bond motifs is 1. The third kappa shape index (κ3) is 4.60. The molecule has 0 bridgehead atoms. The van der Waals surface area contributed by atoms with Crippen LogP contribution >= 0.6 is 0 Å². The molecule has 1 atom stereocenters. The smallest absolute Gasteiger partial charge is 0.211 e. The summed E-state index contributed by atoms with van der Waals surface area (Å²) in [5.41, 5.74) is 13.7. The second kappa shape index (κ2) is 10.1. The van der Waals surface area contributed by atoms with E-state index in [2.05, 4.69) is 25.5 Å². The fourth-order valence-corrected chi connectivity index (χ4v) is 4.26. The maximum absolute atomic E-state index is 9.49. The molecule has 3 heterocycles. The Morgan fingerprint density at radius 2 is 2.00 bits per heavy atom. The monoisotopic (exact) mass is 461 g/mol. The van der Waals surface area contributed by atoms with E-state index in [0.29, 0.717) is 29.5 Å². The highest BCUT2D eigenvalue weighted by molar-refractivity contribution is 5.98. The van der Waals surface area contributed by atoms with Crippen molar-refractivity contribution >= 4 is 23.3 Å². The Hall–Kier alpha value is -4.22. The summed E-state index contributed by atoms with van der Waals surface area (Å²) in [5.74, 6) is 1.68. The Kier molecular flexibility index (Phi) is 6.85. The van der Waals surface area contributed by atoms with Gasteiger partial charge in [-0.2, -0.15) is 10.5 Å². The maximum Gasteiger partial charge on any atom is 0.211 e. The highest BCUT2D eigenvalue weighted by Gasteiger charge is 2.30. The third-order valence-electron chi connectivity index (χ3n) is 5.97. The van der Waals surface area contributed by atoms with Gasteiger partial charge >= 0.3 is 0 Å². The van der Waals surface area contributed by atoms with E-state index in [0.717, 1.165) is 25.2 Å². The molecule has 0 radical (unpaired) electrons. The number of nitriles is 2. The van der Waals surface area contributed by atoms with Gasteiger partial charge in [0.05, 0.1) is 12.8 Å². The molecule has 0 saturated carbocycles. The first-order valence-corrected chi connectivity index (χ1v) is 11.1. The number of hydrogen-bond acceptors (Lipinski definition) is 11. The summed E-state index contributed by atoms with van der Waals surface area (Å²) in [4.78, 5) is 11.3. The topological polar surface area (TPSA) is 171 Å². The summed E-state index contributed by atoms with van der Waals surface area (Å²) in [6.45, 7) is 3.63. The third-order valence-corrected chi connectivity index (χ3v) is 5.97. The highest BCUT2D eigenvalue weighted by atomic mass is 16.5. The fourth-order valence-electron chi connectivity index (χ4n) is 4.26. The Morgan fingerprint density at radius 1 is 1.21 bits per heavy atom. The number of benzene rings is 1. The molecule has 34 heavy (non-hydrogen) atoms. The maximum atomic E-state index is 9.49. The van der Waals surface area contributed by atoms with Gasteiger partial charge in [-0.3, -0.25) is 10.2 Å². The van der Waals surface area contributed by atoms with Crippen LogP contribution in [0.25, 0.3) is 0 Å². The number of ether oxygens (including phenoxy) is 2. The van der Waals surface area contributed by atoms with E-state index < -0.39 is 6.04 Å². The highest BCUT2D eigenvalue weighted by Crippen LogP contribution is 2.42. The molecule has 2 aromatic rings. The van der Waals surface area contributed by atoms with E-state index in [1.54, 1.807) is 7.11 Å². The zero-order chi connectivity index (χ0) is 24.1. The average molecular weight is 462 g/mol. The molecule has 11 heteroatoms. The summed E-state index contributed by atoms with van der Waals surface area (Å²) in [5, 5.41) is 24.0. The van der Waals surface area contributed by atoms with Crippen molar-refractivity contribution < 1.29 is 9.47 Å². The molecule has 4 rings (SSSR count). The number of likely N-dealkylation sites (tertiary alicyclic amines) is 1. The molecule has 1 unspecified atom stereocenters. The predicted octanol–water partition coefficient (Wildman–Crippen LogP) is 1.93. The lowest BCUT2D eigenvalue weighted by Crippen LogP contribution is -2.33. The molecule has 176 valence electrons. The molecular weight excluding hydrogens is 434 g/mol. The van der Waals surface area contributed by atoms with E-state index >= 15 is 0 Å². The Balaban J connectivity index is 1.64. The molecule has 0 aliphatic carbocycles. The summed E-state index contributed by atoms with van der Waals surface area (Å²) in [6.07, 6.45) is 5.60. The van der Waals surface area contributed by atoms with Crippen LogP contribution in [0, 0.1) is 22.8 Å². The molecule has 1 aromatic heterocycles. The molecule has 6 N–H and O–H groups in total. The number of aliphatic imine (C=N–C) groups is 1. The quantitative estimate of drug-likeness (QED) is 0.368. The SMILES string of the molecule is COc1cc(C2N=C(NC#N)Nc3nc(N)c(C#N)c(N)c32)ccc1OCCN1CCCCC1. The minimum atomic E-state index is -0.649. The van der Waals surface area contributed by atoms with Crippen molar-refractivity contribution in [2.24, 2.45) is 4.99 Å². The van der Waals surface area contributed by atoms with Gasteiger partial charge in [0.2, 0.25) is 5.96 Å². The summed E-state index contributed by atoms with van der Waals surface area (Å²) >= 11 is 0. The number of nitrogens with zero attached hydrogens (tertiary/aromatic N) is 5. The number of nitrogens with one attached hydrogen (secondary N) is 2. The van der Waals surface area contributed by atoms with Gasteiger partial charge in [0.25, 0.3) is 0 Å². The fraction of sp³-hybridized carbons (Fsp3) is 0.391. The number of pyridine rings is 1. The van der Waals surface area contributed by atoms with Crippen LogP contribution in [0.15, 0.2) is 23.2 Å². The number of guanidine groups is 1. The summed E-state index contributed by atoms with van der Waals surface area (Å²) in [6, 6.07) is 6.84. The van der Waals surface area contributed by atoms with Crippen LogP contribution in [0.3, 0.4) is 0 Å². The number of anilines is 3. The van der Waals surface area contributed by atoms with Crippen molar-refractivity contribution in [2.45, 2.75) is 25.3 Å². The Labute approximate surface area is 198 Å². The largest absolute Gasteiger partial charge is 0.493 e. The van der Waals surface area contributed by atoms with Crippen LogP contribution < -0.4 is 31.6 Å². The van der Waals surface area contributed by atoms with Crippen LogP contribution in [0.1, 0.15) is 42.0 Å². The molecule has 0 amide bonds. The lowest BCUT2D eigenvalue weighted by Gasteiger charge is -2.27. The van der Waals surface area contributed by atoms with Crippen LogP contribution in [-0.2, 0) is 0 Å². The molecule has 11 nitrogen and oxygen atoms in total. The molecular formula is C23H27N9O2. The molecule has 2 aliphatic heterocycles. The van der Waals surface area contributed by atoms with Crippen molar-refractivity contribution in [1.29, 1.82) is 10.5 Å². The number of methoxy groups -OCH3 is 1. The second-order valence-electron chi connectivity index (χ2n) is 8.06. The molecule has 1 fully saturated rings.